The van der Waals surface area contributed by atoms with Gasteiger partial charge in [0, 0.05) is 17.6 Å². The second-order valence-electron chi connectivity index (χ2n) is 5.98. The Kier molecular flexibility index (Phi) is 4.96. The van der Waals surface area contributed by atoms with Crippen molar-refractivity contribution in [3.05, 3.63) is 46.7 Å². The molecule has 0 spiro atoms. The Morgan fingerprint density at radius 1 is 1.30 bits per heavy atom. The molecule has 0 aliphatic carbocycles. The number of carbonyl (C=O) groups excluding carboxylic acids is 1. The van der Waals surface area contributed by atoms with Crippen LogP contribution in [0, 0.1) is 0 Å². The van der Waals surface area contributed by atoms with Gasteiger partial charge in [-0.15, -0.1) is 5.10 Å². The predicted octanol–water partition coefficient (Wildman–Crippen LogP) is 3.38. The topological polar surface area (TPSA) is 51.0 Å². The van der Waals surface area contributed by atoms with Gasteiger partial charge >= 0.3 is 0 Å². The lowest BCUT2D eigenvalue weighted by Crippen LogP contribution is -2.43. The molecule has 2 heterocycles. The third-order valence-corrected chi connectivity index (χ3v) is 4.63. The molecule has 1 fully saturated rings. The normalized spacial score (nSPS) is 18.2. The van der Waals surface area contributed by atoms with Crippen LogP contribution in [0.1, 0.15) is 48.7 Å². The minimum Gasteiger partial charge on any atom is -0.334 e. The SMILES string of the molecule is CC[C@@H]1CCCCN1C(=O)c1cn(Cc2ccc(Cl)cc2)nn1. The molecule has 0 saturated carbocycles. The first-order valence-electron chi connectivity index (χ1n) is 8.13. The van der Waals surface area contributed by atoms with E-state index in [0.717, 1.165) is 31.4 Å². The number of likely N-dealkylation sites (tertiary alicyclic amines) is 1. The molecule has 6 heteroatoms. The van der Waals surface area contributed by atoms with Crippen molar-refractivity contribution in [3.8, 4) is 0 Å². The van der Waals surface area contributed by atoms with Gasteiger partial charge < -0.3 is 4.90 Å². The Balaban J connectivity index is 1.70. The van der Waals surface area contributed by atoms with Gasteiger partial charge in [0.05, 0.1) is 12.7 Å². The average Bonchev–Trinajstić information content (AvgIpc) is 3.05. The number of benzene rings is 1. The molecule has 3 rings (SSSR count). The number of piperidine rings is 1. The van der Waals surface area contributed by atoms with Crippen LogP contribution in [0.5, 0.6) is 0 Å². The van der Waals surface area contributed by atoms with Crippen LogP contribution in [0.25, 0.3) is 0 Å². The van der Waals surface area contributed by atoms with Gasteiger partial charge in [-0.05, 0) is 43.4 Å². The van der Waals surface area contributed by atoms with Crippen molar-refractivity contribution >= 4 is 17.5 Å². The molecule has 1 aliphatic heterocycles. The van der Waals surface area contributed by atoms with E-state index in [-0.39, 0.29) is 5.91 Å². The molecule has 0 unspecified atom stereocenters. The Morgan fingerprint density at radius 3 is 2.83 bits per heavy atom. The summed E-state index contributed by atoms with van der Waals surface area (Å²) in [4.78, 5) is 14.6. The molecule has 1 aromatic heterocycles. The highest BCUT2D eigenvalue weighted by Gasteiger charge is 2.27. The van der Waals surface area contributed by atoms with Crippen LogP contribution in [-0.4, -0.2) is 38.4 Å². The van der Waals surface area contributed by atoms with Crippen LogP contribution >= 0.6 is 11.6 Å². The first kappa shape index (κ1) is 16.0. The van der Waals surface area contributed by atoms with E-state index in [4.69, 9.17) is 11.6 Å². The summed E-state index contributed by atoms with van der Waals surface area (Å²) in [5, 5.41) is 8.86. The van der Waals surface area contributed by atoms with E-state index < -0.39 is 0 Å². The van der Waals surface area contributed by atoms with Gasteiger partial charge in [0.1, 0.15) is 0 Å². The highest BCUT2D eigenvalue weighted by molar-refractivity contribution is 6.30. The third kappa shape index (κ3) is 3.72. The lowest BCUT2D eigenvalue weighted by Gasteiger charge is -2.34. The van der Waals surface area contributed by atoms with Gasteiger partial charge in [-0.3, -0.25) is 4.79 Å². The third-order valence-electron chi connectivity index (χ3n) is 4.37. The first-order chi connectivity index (χ1) is 11.2. The molecule has 1 atom stereocenters. The molecule has 2 aromatic rings. The predicted molar refractivity (Wildman–Crippen MR) is 89.5 cm³/mol. The number of hydrogen-bond acceptors (Lipinski definition) is 3. The van der Waals surface area contributed by atoms with Crippen LogP contribution in [0.4, 0.5) is 0 Å². The maximum absolute atomic E-state index is 12.7. The lowest BCUT2D eigenvalue weighted by atomic mass is 10.00. The second-order valence-corrected chi connectivity index (χ2v) is 6.42. The van der Waals surface area contributed by atoms with Crippen LogP contribution < -0.4 is 0 Å². The molecule has 1 aromatic carbocycles. The second kappa shape index (κ2) is 7.13. The molecule has 0 radical (unpaired) electrons. The van der Waals surface area contributed by atoms with Crippen molar-refractivity contribution in [1.29, 1.82) is 0 Å². The monoisotopic (exact) mass is 332 g/mol. The van der Waals surface area contributed by atoms with Gasteiger partial charge in [-0.2, -0.15) is 0 Å². The molecule has 122 valence electrons. The molecule has 1 aliphatic rings. The molecule has 0 N–H and O–H groups in total. The van der Waals surface area contributed by atoms with E-state index in [1.807, 2.05) is 29.2 Å². The number of hydrogen-bond donors (Lipinski definition) is 0. The molecule has 23 heavy (non-hydrogen) atoms. The zero-order valence-electron chi connectivity index (χ0n) is 13.3. The highest BCUT2D eigenvalue weighted by atomic mass is 35.5. The standard InChI is InChI=1S/C17H21ClN4O/c1-2-15-5-3-4-10-22(15)17(23)16-12-21(20-19-16)11-13-6-8-14(18)9-7-13/h6-9,12,15H,2-5,10-11H2,1H3/t15-/m1/s1. The van der Waals surface area contributed by atoms with Gasteiger partial charge in [0.15, 0.2) is 5.69 Å². The Bertz CT molecular complexity index is 667. The van der Waals surface area contributed by atoms with Crippen molar-refractivity contribution < 1.29 is 4.79 Å². The fourth-order valence-corrected chi connectivity index (χ4v) is 3.22. The number of carbonyl (C=O) groups is 1. The van der Waals surface area contributed by atoms with Crippen molar-refractivity contribution in [2.75, 3.05) is 6.54 Å². The van der Waals surface area contributed by atoms with E-state index >= 15 is 0 Å². The Morgan fingerprint density at radius 2 is 2.09 bits per heavy atom. The van der Waals surface area contributed by atoms with Crippen LogP contribution in [0.2, 0.25) is 5.02 Å². The lowest BCUT2D eigenvalue weighted by molar-refractivity contribution is 0.0602. The summed E-state index contributed by atoms with van der Waals surface area (Å²) in [5.41, 5.74) is 1.50. The summed E-state index contributed by atoms with van der Waals surface area (Å²) in [6.45, 7) is 3.53. The number of rotatable bonds is 4. The van der Waals surface area contributed by atoms with Crippen molar-refractivity contribution in [2.24, 2.45) is 0 Å². The summed E-state index contributed by atoms with van der Waals surface area (Å²) >= 11 is 5.89. The van der Waals surface area contributed by atoms with Crippen molar-refractivity contribution in [3.63, 3.8) is 0 Å². The first-order valence-corrected chi connectivity index (χ1v) is 8.50. The fourth-order valence-electron chi connectivity index (χ4n) is 3.09. The van der Waals surface area contributed by atoms with E-state index in [9.17, 15) is 4.79 Å². The summed E-state index contributed by atoms with van der Waals surface area (Å²) < 4.78 is 1.70. The number of halogens is 1. The van der Waals surface area contributed by atoms with Crippen molar-refractivity contribution in [2.45, 2.75) is 45.2 Å². The molecule has 0 bridgehead atoms. The number of amides is 1. The maximum atomic E-state index is 12.7. The van der Waals surface area contributed by atoms with Crippen LogP contribution in [0.15, 0.2) is 30.5 Å². The summed E-state index contributed by atoms with van der Waals surface area (Å²) in [7, 11) is 0. The van der Waals surface area contributed by atoms with Gasteiger partial charge in [-0.1, -0.05) is 35.9 Å². The smallest absolute Gasteiger partial charge is 0.276 e. The summed E-state index contributed by atoms with van der Waals surface area (Å²) in [6.07, 6.45) is 6.08. The van der Waals surface area contributed by atoms with E-state index in [1.54, 1.807) is 10.9 Å². The zero-order chi connectivity index (χ0) is 16.2. The van der Waals surface area contributed by atoms with Gasteiger partial charge in [0.2, 0.25) is 0 Å². The van der Waals surface area contributed by atoms with Gasteiger partial charge in [0.25, 0.3) is 5.91 Å². The average molecular weight is 333 g/mol. The zero-order valence-corrected chi connectivity index (χ0v) is 14.0. The number of aromatic nitrogens is 3. The molecule has 1 saturated heterocycles. The molecular weight excluding hydrogens is 312 g/mol. The molecule has 1 amide bonds. The molecule has 5 nitrogen and oxygen atoms in total. The Labute approximate surface area is 141 Å². The van der Waals surface area contributed by atoms with Crippen LogP contribution in [-0.2, 0) is 6.54 Å². The van der Waals surface area contributed by atoms with E-state index in [0.29, 0.717) is 23.3 Å². The van der Waals surface area contributed by atoms with Gasteiger partial charge in [-0.25, -0.2) is 4.68 Å². The summed E-state index contributed by atoms with van der Waals surface area (Å²) in [6, 6.07) is 7.92. The summed E-state index contributed by atoms with van der Waals surface area (Å²) in [5.74, 6) is -0.00101. The van der Waals surface area contributed by atoms with E-state index in [2.05, 4.69) is 17.2 Å². The van der Waals surface area contributed by atoms with Crippen LogP contribution in [0.3, 0.4) is 0 Å². The minimum absolute atomic E-state index is 0.00101. The van der Waals surface area contributed by atoms with Crippen molar-refractivity contribution in [1.82, 2.24) is 19.9 Å². The van der Waals surface area contributed by atoms with E-state index in [1.165, 1.54) is 6.42 Å². The quantitative estimate of drug-likeness (QED) is 0.862. The molecular formula is C17H21ClN4O. The largest absolute Gasteiger partial charge is 0.334 e. The maximum Gasteiger partial charge on any atom is 0.276 e. The fraction of sp³-hybridized carbons (Fsp3) is 0.471. The minimum atomic E-state index is -0.00101. The number of nitrogens with zero attached hydrogens (tertiary/aromatic N) is 4. The Hall–Kier alpha value is -1.88. The highest BCUT2D eigenvalue weighted by Crippen LogP contribution is 2.21.